The van der Waals surface area contributed by atoms with Crippen LogP contribution in [0.3, 0.4) is 0 Å². The molecule has 0 unspecified atom stereocenters. The van der Waals surface area contributed by atoms with E-state index in [4.69, 9.17) is 9.72 Å². The first kappa shape index (κ1) is 21.7. The molecular weight excluding hydrogens is 416 g/mol. The monoisotopic (exact) mass is 444 g/mol. The van der Waals surface area contributed by atoms with Crippen LogP contribution in [0.5, 0.6) is 0 Å². The van der Waals surface area contributed by atoms with Gasteiger partial charge < -0.3 is 9.30 Å². The Morgan fingerprint density at radius 3 is 2.48 bits per heavy atom. The molecule has 0 atom stereocenters. The molecule has 1 fully saturated rings. The fraction of sp³-hybridized carbons (Fsp3) is 0.500. The average Bonchev–Trinajstić information content (AvgIpc) is 3.09. The lowest BCUT2D eigenvalue weighted by Crippen LogP contribution is -2.25. The maximum atomic E-state index is 13.1. The van der Waals surface area contributed by atoms with Gasteiger partial charge in [-0.05, 0) is 43.0 Å². The van der Waals surface area contributed by atoms with Crippen LogP contribution in [0.1, 0.15) is 39.4 Å². The second-order valence-electron chi connectivity index (χ2n) is 9.14. The Balaban J connectivity index is 1.80. The van der Waals surface area contributed by atoms with Crippen molar-refractivity contribution >= 4 is 20.9 Å². The molecule has 1 aromatic carbocycles. The molecule has 166 valence electrons. The van der Waals surface area contributed by atoms with Crippen LogP contribution in [0.25, 0.3) is 11.0 Å². The maximum Gasteiger partial charge on any atom is 0.266 e. The zero-order valence-electron chi connectivity index (χ0n) is 18.3. The molecule has 1 saturated heterocycles. The Morgan fingerprint density at radius 2 is 1.84 bits per heavy atom. The average molecular weight is 445 g/mol. The van der Waals surface area contributed by atoms with Crippen molar-refractivity contribution in [1.82, 2.24) is 19.3 Å². The lowest BCUT2D eigenvalue weighted by atomic mass is 9.94. The van der Waals surface area contributed by atoms with Crippen molar-refractivity contribution in [3.8, 4) is 0 Å². The molecule has 0 amide bonds. The van der Waals surface area contributed by atoms with Crippen molar-refractivity contribution in [2.24, 2.45) is 13.0 Å². The third kappa shape index (κ3) is 4.16. The molecule has 0 bridgehead atoms. The molecule has 1 aliphatic heterocycles. The summed E-state index contributed by atoms with van der Waals surface area (Å²) in [5, 5.41) is 3.76. The number of hydrogen-bond donors (Lipinski definition) is 0. The van der Waals surface area contributed by atoms with Gasteiger partial charge in [-0.1, -0.05) is 20.8 Å². The number of aromatic nitrogens is 4. The number of hydrogen-bond acceptors (Lipinski definition) is 6. The largest absolute Gasteiger partial charge is 0.381 e. The zero-order chi connectivity index (χ0) is 22.4. The topological polar surface area (TPSA) is 96.1 Å². The Kier molecular flexibility index (Phi) is 5.51. The summed E-state index contributed by atoms with van der Waals surface area (Å²) in [7, 11) is -2.44. The number of imidazole rings is 1. The van der Waals surface area contributed by atoms with Gasteiger partial charge in [0.05, 0.1) is 15.9 Å². The summed E-state index contributed by atoms with van der Waals surface area (Å²) < 4.78 is 35.0. The van der Waals surface area contributed by atoms with Crippen LogP contribution in [-0.4, -0.2) is 41.0 Å². The summed E-state index contributed by atoms with van der Waals surface area (Å²) in [6.07, 6.45) is 2.02. The first-order chi connectivity index (χ1) is 14.6. The molecule has 0 N–H and O–H groups in total. The summed E-state index contributed by atoms with van der Waals surface area (Å²) >= 11 is 0. The molecule has 3 aromatic rings. The Morgan fingerprint density at radius 1 is 1.13 bits per heavy atom. The molecule has 8 nitrogen and oxygen atoms in total. The van der Waals surface area contributed by atoms with Crippen LogP contribution in [0.2, 0.25) is 0 Å². The summed E-state index contributed by atoms with van der Waals surface area (Å²) in [6.45, 7) is 8.72. The highest BCUT2D eigenvalue weighted by atomic mass is 32.2. The minimum Gasteiger partial charge on any atom is -0.381 e. The van der Waals surface area contributed by atoms with E-state index < -0.39 is 9.84 Å². The van der Waals surface area contributed by atoms with Crippen molar-refractivity contribution < 1.29 is 13.2 Å². The van der Waals surface area contributed by atoms with E-state index in [1.165, 1.54) is 19.2 Å². The fourth-order valence-electron chi connectivity index (χ4n) is 3.97. The number of rotatable bonds is 4. The fourth-order valence-corrected chi connectivity index (χ4v) is 5.20. The zero-order valence-corrected chi connectivity index (χ0v) is 19.1. The van der Waals surface area contributed by atoms with Crippen molar-refractivity contribution in [2.45, 2.75) is 55.5 Å². The standard InChI is InChI=1S/C22H28N4O4S/c1-22(2,3)21-23-17-13-16(31(28,29)19-7-8-20(27)25(4)24-19)5-6-18(17)26(21)14-15-9-11-30-12-10-15/h5-8,13,15H,9-12,14H2,1-4H3. The molecule has 4 rings (SSSR count). The van der Waals surface area contributed by atoms with Crippen LogP contribution < -0.4 is 5.56 Å². The van der Waals surface area contributed by atoms with Gasteiger partial charge in [-0.15, -0.1) is 0 Å². The highest BCUT2D eigenvalue weighted by molar-refractivity contribution is 7.91. The van der Waals surface area contributed by atoms with E-state index in [9.17, 15) is 13.2 Å². The third-order valence-corrected chi connectivity index (χ3v) is 7.34. The van der Waals surface area contributed by atoms with Gasteiger partial charge in [0.1, 0.15) is 5.82 Å². The quantitative estimate of drug-likeness (QED) is 0.614. The van der Waals surface area contributed by atoms with Gasteiger partial charge in [-0.2, -0.15) is 5.10 Å². The number of nitrogens with zero attached hydrogens (tertiary/aromatic N) is 4. The van der Waals surface area contributed by atoms with Gasteiger partial charge in [-0.3, -0.25) is 4.79 Å². The second-order valence-corrected chi connectivity index (χ2v) is 11.0. The smallest absolute Gasteiger partial charge is 0.266 e. The summed E-state index contributed by atoms with van der Waals surface area (Å²) in [5.41, 5.74) is 1.01. The first-order valence-corrected chi connectivity index (χ1v) is 11.9. The predicted octanol–water partition coefficient (Wildman–Crippen LogP) is 2.69. The maximum absolute atomic E-state index is 13.1. The third-order valence-electron chi connectivity index (χ3n) is 5.69. The van der Waals surface area contributed by atoms with Crippen LogP contribution in [0.4, 0.5) is 0 Å². The SMILES string of the molecule is Cn1nc(S(=O)(=O)c2ccc3c(c2)nc(C(C)(C)C)n3CC2CCOCC2)ccc1=O. The number of fused-ring (bicyclic) bond motifs is 1. The van der Waals surface area contributed by atoms with Gasteiger partial charge in [0.2, 0.25) is 9.84 Å². The lowest BCUT2D eigenvalue weighted by Gasteiger charge is -2.26. The van der Waals surface area contributed by atoms with Gasteiger partial charge in [0, 0.05) is 38.3 Å². The van der Waals surface area contributed by atoms with E-state index in [2.05, 4.69) is 30.4 Å². The Hall–Kier alpha value is -2.52. The minimum absolute atomic E-state index is 0.113. The molecule has 0 aliphatic carbocycles. The predicted molar refractivity (Wildman–Crippen MR) is 117 cm³/mol. The van der Waals surface area contributed by atoms with E-state index in [0.717, 1.165) is 48.6 Å². The van der Waals surface area contributed by atoms with Crippen LogP contribution in [0, 0.1) is 5.92 Å². The van der Waals surface area contributed by atoms with Crippen LogP contribution in [0.15, 0.2) is 45.0 Å². The number of benzene rings is 1. The molecule has 31 heavy (non-hydrogen) atoms. The second kappa shape index (κ2) is 7.87. The molecule has 0 saturated carbocycles. The van der Waals surface area contributed by atoms with E-state index in [0.29, 0.717) is 11.4 Å². The molecule has 0 spiro atoms. The molecule has 0 radical (unpaired) electrons. The van der Waals surface area contributed by atoms with E-state index in [1.807, 2.05) is 6.07 Å². The Bertz CT molecular complexity index is 1280. The van der Waals surface area contributed by atoms with E-state index in [1.54, 1.807) is 12.1 Å². The van der Waals surface area contributed by atoms with Gasteiger partial charge in [0.15, 0.2) is 5.03 Å². The van der Waals surface area contributed by atoms with Crippen molar-refractivity contribution in [2.75, 3.05) is 13.2 Å². The van der Waals surface area contributed by atoms with Gasteiger partial charge in [0.25, 0.3) is 5.56 Å². The lowest BCUT2D eigenvalue weighted by molar-refractivity contribution is 0.0611. The Labute approximate surface area is 181 Å². The van der Waals surface area contributed by atoms with Crippen LogP contribution >= 0.6 is 0 Å². The van der Waals surface area contributed by atoms with E-state index in [-0.39, 0.29) is 20.9 Å². The van der Waals surface area contributed by atoms with Crippen molar-refractivity contribution in [1.29, 1.82) is 0 Å². The van der Waals surface area contributed by atoms with Crippen molar-refractivity contribution in [3.63, 3.8) is 0 Å². The minimum atomic E-state index is -3.87. The highest BCUT2D eigenvalue weighted by Crippen LogP contribution is 2.31. The normalized spacial score (nSPS) is 16.1. The molecule has 1 aliphatic rings. The molecule has 3 heterocycles. The number of aryl methyl sites for hydroxylation is 1. The molecule has 2 aromatic heterocycles. The number of ether oxygens (including phenoxy) is 1. The summed E-state index contributed by atoms with van der Waals surface area (Å²) in [4.78, 5) is 16.5. The van der Waals surface area contributed by atoms with Crippen LogP contribution in [-0.2, 0) is 33.6 Å². The van der Waals surface area contributed by atoms with Crippen molar-refractivity contribution in [3.05, 3.63) is 46.5 Å². The molecular formula is C22H28N4O4S. The van der Waals surface area contributed by atoms with Gasteiger partial charge >= 0.3 is 0 Å². The highest BCUT2D eigenvalue weighted by Gasteiger charge is 2.27. The van der Waals surface area contributed by atoms with E-state index >= 15 is 0 Å². The summed E-state index contributed by atoms with van der Waals surface area (Å²) in [5.74, 6) is 1.44. The first-order valence-electron chi connectivity index (χ1n) is 10.5. The van der Waals surface area contributed by atoms with Gasteiger partial charge in [-0.25, -0.2) is 18.1 Å². The summed E-state index contributed by atoms with van der Waals surface area (Å²) in [6, 6.07) is 7.48. The number of sulfone groups is 1. The molecule has 9 heteroatoms.